The zero-order chi connectivity index (χ0) is 17.4. The van der Waals surface area contributed by atoms with Gasteiger partial charge in [-0.2, -0.15) is 0 Å². The van der Waals surface area contributed by atoms with Crippen molar-refractivity contribution in [2.24, 2.45) is 0 Å². The smallest absolute Gasteiger partial charge is 0.122 e. The molecule has 2 N–H and O–H groups in total. The maximum absolute atomic E-state index is 10.2. The van der Waals surface area contributed by atoms with Crippen molar-refractivity contribution in [3.63, 3.8) is 0 Å². The first kappa shape index (κ1) is 21.5. The third-order valence-electron chi connectivity index (χ3n) is 4.45. The normalized spacial score (nSPS) is 14.2. The van der Waals surface area contributed by atoms with Crippen molar-refractivity contribution in [2.45, 2.75) is 45.3 Å². The van der Waals surface area contributed by atoms with Gasteiger partial charge in [0.25, 0.3) is 0 Å². The zero-order valence-electron chi connectivity index (χ0n) is 15.3. The molecular formula is C21H30ClNO2. The molecule has 0 aliphatic carbocycles. The van der Waals surface area contributed by atoms with E-state index in [2.05, 4.69) is 44.3 Å². The lowest BCUT2D eigenvalue weighted by atomic mass is 9.98. The highest BCUT2D eigenvalue weighted by molar-refractivity contribution is 5.85. The Morgan fingerprint density at radius 2 is 1.64 bits per heavy atom. The Hall–Kier alpha value is -1.55. The van der Waals surface area contributed by atoms with Crippen LogP contribution < -0.4 is 10.1 Å². The van der Waals surface area contributed by atoms with Gasteiger partial charge in [0.2, 0.25) is 0 Å². The molecule has 2 aromatic carbocycles. The summed E-state index contributed by atoms with van der Waals surface area (Å²) in [5, 5.41) is 13.6. The van der Waals surface area contributed by atoms with Crippen molar-refractivity contribution in [2.75, 3.05) is 13.2 Å². The van der Waals surface area contributed by atoms with E-state index in [0.717, 1.165) is 12.2 Å². The molecule has 2 aromatic rings. The van der Waals surface area contributed by atoms with E-state index in [1.165, 1.54) is 11.1 Å². The van der Waals surface area contributed by atoms with Gasteiger partial charge >= 0.3 is 0 Å². The SMILES string of the molecule is CCC(C)c1ccccc1OCC(O)CNC(C)c1ccccc1.Cl. The van der Waals surface area contributed by atoms with Crippen molar-refractivity contribution in [3.05, 3.63) is 65.7 Å². The van der Waals surface area contributed by atoms with Gasteiger partial charge in [-0.05, 0) is 36.5 Å². The van der Waals surface area contributed by atoms with Crippen LogP contribution in [0.25, 0.3) is 0 Å². The molecule has 3 nitrogen and oxygen atoms in total. The molecule has 3 unspecified atom stereocenters. The second-order valence-corrected chi connectivity index (χ2v) is 6.35. The molecule has 2 rings (SSSR count). The second kappa shape index (κ2) is 11.1. The summed E-state index contributed by atoms with van der Waals surface area (Å²) in [5.41, 5.74) is 2.42. The number of benzene rings is 2. The standard InChI is InChI=1S/C21H29NO2.ClH/c1-4-16(2)20-12-8-9-13-21(20)24-15-19(23)14-22-17(3)18-10-6-5-7-11-18;/h5-13,16-17,19,22-23H,4,14-15H2,1-3H3;1H. The summed E-state index contributed by atoms with van der Waals surface area (Å²) in [6.07, 6.45) is 0.528. The third kappa shape index (κ3) is 6.69. The van der Waals surface area contributed by atoms with Crippen molar-refractivity contribution in [1.82, 2.24) is 5.32 Å². The van der Waals surface area contributed by atoms with Crippen molar-refractivity contribution >= 4 is 12.4 Å². The Balaban J connectivity index is 0.00000312. The van der Waals surface area contributed by atoms with Crippen LogP contribution in [0.15, 0.2) is 54.6 Å². The van der Waals surface area contributed by atoms with E-state index >= 15 is 0 Å². The van der Waals surface area contributed by atoms with Gasteiger partial charge < -0.3 is 15.2 Å². The van der Waals surface area contributed by atoms with Gasteiger partial charge in [-0.3, -0.25) is 0 Å². The summed E-state index contributed by atoms with van der Waals surface area (Å²) in [6.45, 7) is 7.26. The minimum atomic E-state index is -0.541. The molecule has 25 heavy (non-hydrogen) atoms. The van der Waals surface area contributed by atoms with Gasteiger partial charge in [-0.15, -0.1) is 12.4 Å². The number of nitrogens with one attached hydrogen (secondary N) is 1. The number of aliphatic hydroxyl groups excluding tert-OH is 1. The van der Waals surface area contributed by atoms with Crippen molar-refractivity contribution in [1.29, 1.82) is 0 Å². The molecule has 0 amide bonds. The second-order valence-electron chi connectivity index (χ2n) is 6.35. The highest BCUT2D eigenvalue weighted by atomic mass is 35.5. The number of ether oxygens (including phenoxy) is 1. The number of aliphatic hydroxyl groups is 1. The Bertz CT molecular complexity index is 606. The van der Waals surface area contributed by atoms with Gasteiger partial charge in [-0.25, -0.2) is 0 Å². The third-order valence-corrected chi connectivity index (χ3v) is 4.45. The topological polar surface area (TPSA) is 41.5 Å². The summed E-state index contributed by atoms with van der Waals surface area (Å²) in [7, 11) is 0. The van der Waals surface area contributed by atoms with Crippen LogP contribution in [-0.2, 0) is 0 Å². The summed E-state index contributed by atoms with van der Waals surface area (Å²) in [6, 6.07) is 18.5. The van der Waals surface area contributed by atoms with Crippen molar-refractivity contribution in [3.8, 4) is 5.75 Å². The van der Waals surface area contributed by atoms with Crippen LogP contribution in [0.4, 0.5) is 0 Å². The minimum Gasteiger partial charge on any atom is -0.491 e. The van der Waals surface area contributed by atoms with E-state index < -0.39 is 6.10 Å². The van der Waals surface area contributed by atoms with E-state index in [0.29, 0.717) is 19.1 Å². The quantitative estimate of drug-likeness (QED) is 0.677. The van der Waals surface area contributed by atoms with Crippen LogP contribution in [0.3, 0.4) is 0 Å². The summed E-state index contributed by atoms with van der Waals surface area (Å²) in [4.78, 5) is 0. The lowest BCUT2D eigenvalue weighted by molar-refractivity contribution is 0.103. The van der Waals surface area contributed by atoms with E-state index in [9.17, 15) is 5.11 Å². The molecule has 0 aliphatic rings. The average molecular weight is 364 g/mol. The number of rotatable bonds is 9. The summed E-state index contributed by atoms with van der Waals surface area (Å²) < 4.78 is 5.87. The molecule has 3 atom stereocenters. The van der Waals surface area contributed by atoms with Gasteiger partial charge in [-0.1, -0.05) is 62.4 Å². The highest BCUT2D eigenvalue weighted by Crippen LogP contribution is 2.28. The number of halogens is 1. The Morgan fingerprint density at radius 1 is 1.00 bits per heavy atom. The molecule has 138 valence electrons. The predicted molar refractivity (Wildman–Crippen MR) is 107 cm³/mol. The first-order valence-electron chi connectivity index (χ1n) is 8.80. The minimum absolute atomic E-state index is 0. The fourth-order valence-electron chi connectivity index (χ4n) is 2.66. The van der Waals surface area contributed by atoms with Crippen LogP contribution in [0.5, 0.6) is 5.75 Å². The molecule has 0 saturated carbocycles. The summed E-state index contributed by atoms with van der Waals surface area (Å²) >= 11 is 0. The molecular weight excluding hydrogens is 334 g/mol. The van der Waals surface area contributed by atoms with Gasteiger partial charge in [0.05, 0.1) is 0 Å². The lowest BCUT2D eigenvalue weighted by Crippen LogP contribution is -2.33. The molecule has 0 heterocycles. The van der Waals surface area contributed by atoms with Gasteiger partial charge in [0.15, 0.2) is 0 Å². The highest BCUT2D eigenvalue weighted by Gasteiger charge is 2.12. The monoisotopic (exact) mass is 363 g/mol. The largest absolute Gasteiger partial charge is 0.491 e. The van der Waals surface area contributed by atoms with E-state index in [4.69, 9.17) is 4.74 Å². The summed E-state index contributed by atoms with van der Waals surface area (Å²) in [5.74, 6) is 1.33. The molecule has 0 bridgehead atoms. The van der Waals surface area contributed by atoms with Crippen LogP contribution in [0.1, 0.15) is 50.3 Å². The Labute approximate surface area is 157 Å². The lowest BCUT2D eigenvalue weighted by Gasteiger charge is -2.20. The first-order valence-corrected chi connectivity index (χ1v) is 8.80. The molecule has 0 aliphatic heterocycles. The van der Waals surface area contributed by atoms with Crippen LogP contribution in [0, 0.1) is 0 Å². The first-order chi connectivity index (χ1) is 11.6. The van der Waals surface area contributed by atoms with E-state index in [1.807, 2.05) is 36.4 Å². The molecule has 0 spiro atoms. The van der Waals surface area contributed by atoms with Crippen molar-refractivity contribution < 1.29 is 9.84 Å². The number of hydrogen-bond donors (Lipinski definition) is 2. The van der Waals surface area contributed by atoms with Crippen LogP contribution in [0.2, 0.25) is 0 Å². The fraction of sp³-hybridized carbons (Fsp3) is 0.429. The van der Waals surface area contributed by atoms with Crippen LogP contribution >= 0.6 is 12.4 Å². The number of hydrogen-bond acceptors (Lipinski definition) is 3. The zero-order valence-corrected chi connectivity index (χ0v) is 16.1. The maximum atomic E-state index is 10.2. The Morgan fingerprint density at radius 3 is 2.32 bits per heavy atom. The molecule has 4 heteroatoms. The molecule has 0 aromatic heterocycles. The van der Waals surface area contributed by atoms with Gasteiger partial charge in [0.1, 0.15) is 18.5 Å². The predicted octanol–water partition coefficient (Wildman–Crippen LogP) is 4.71. The maximum Gasteiger partial charge on any atom is 0.122 e. The molecule has 0 saturated heterocycles. The van der Waals surface area contributed by atoms with Crippen LogP contribution in [-0.4, -0.2) is 24.4 Å². The van der Waals surface area contributed by atoms with E-state index in [1.54, 1.807) is 0 Å². The molecule has 0 fully saturated rings. The average Bonchev–Trinajstić information content (AvgIpc) is 2.64. The Kier molecular flexibility index (Phi) is 9.58. The van der Waals surface area contributed by atoms with E-state index in [-0.39, 0.29) is 18.4 Å². The fourth-order valence-corrected chi connectivity index (χ4v) is 2.66. The molecule has 0 radical (unpaired) electrons. The number of para-hydroxylation sites is 1. The van der Waals surface area contributed by atoms with Gasteiger partial charge in [0, 0.05) is 12.6 Å².